The van der Waals surface area contributed by atoms with Crippen LogP contribution in [-0.2, 0) is 6.54 Å². The number of rotatable bonds is 5. The second-order valence-corrected chi connectivity index (χ2v) is 6.71. The molecule has 1 unspecified atom stereocenters. The fraction of sp³-hybridized carbons (Fsp3) is 0.450. The number of methoxy groups -OCH3 is 1. The van der Waals surface area contributed by atoms with Crippen molar-refractivity contribution < 1.29 is 4.74 Å². The Hall–Kier alpha value is -1.91. The van der Waals surface area contributed by atoms with E-state index in [9.17, 15) is 0 Å². The first kappa shape index (κ1) is 16.9. The lowest BCUT2D eigenvalue weighted by Crippen LogP contribution is -2.45. The summed E-state index contributed by atoms with van der Waals surface area (Å²) in [5.74, 6) is 1.35. The van der Waals surface area contributed by atoms with Crippen LogP contribution in [0.1, 0.15) is 42.6 Å². The third-order valence-electron chi connectivity index (χ3n) is 4.67. The standard InChI is InChI=1S/C20H27N3O/c1-15(2)18-6-4-5-7-19(18)20-14-23(11-10-21-20)13-16-8-9-17(24-3)12-22-16/h4-9,12,15,20-21H,10-11,13-14H2,1-3H3. The molecule has 0 spiro atoms. The minimum atomic E-state index is 0.385. The summed E-state index contributed by atoms with van der Waals surface area (Å²) in [6.45, 7) is 8.48. The average Bonchev–Trinajstić information content (AvgIpc) is 2.62. The molecule has 1 aromatic carbocycles. The van der Waals surface area contributed by atoms with Crippen LogP contribution < -0.4 is 10.1 Å². The van der Waals surface area contributed by atoms with Gasteiger partial charge in [-0.3, -0.25) is 9.88 Å². The maximum absolute atomic E-state index is 5.18. The summed E-state index contributed by atoms with van der Waals surface area (Å²) in [6.07, 6.45) is 1.79. The highest BCUT2D eigenvalue weighted by molar-refractivity contribution is 5.33. The molecule has 2 heterocycles. The molecule has 1 aliphatic heterocycles. The molecule has 1 N–H and O–H groups in total. The van der Waals surface area contributed by atoms with E-state index in [1.54, 1.807) is 13.3 Å². The van der Waals surface area contributed by atoms with E-state index >= 15 is 0 Å². The molecule has 1 atom stereocenters. The number of hydrogen-bond acceptors (Lipinski definition) is 4. The van der Waals surface area contributed by atoms with Crippen LogP contribution in [0.4, 0.5) is 0 Å². The largest absolute Gasteiger partial charge is 0.495 e. The molecule has 0 aliphatic carbocycles. The van der Waals surface area contributed by atoms with Crippen LogP contribution in [0.25, 0.3) is 0 Å². The number of ether oxygens (including phenoxy) is 1. The van der Waals surface area contributed by atoms with Crippen molar-refractivity contribution in [3.05, 3.63) is 59.4 Å². The number of nitrogens with one attached hydrogen (secondary N) is 1. The van der Waals surface area contributed by atoms with Crippen molar-refractivity contribution >= 4 is 0 Å². The summed E-state index contributed by atoms with van der Waals surface area (Å²) in [5.41, 5.74) is 3.97. The normalized spacial score (nSPS) is 18.8. The molecule has 1 aromatic heterocycles. The van der Waals surface area contributed by atoms with Gasteiger partial charge >= 0.3 is 0 Å². The SMILES string of the molecule is COc1ccc(CN2CCNC(c3ccccc3C(C)C)C2)nc1. The van der Waals surface area contributed by atoms with Crippen molar-refractivity contribution in [1.82, 2.24) is 15.2 Å². The third-order valence-corrected chi connectivity index (χ3v) is 4.67. The van der Waals surface area contributed by atoms with Crippen LogP contribution in [0.3, 0.4) is 0 Å². The maximum Gasteiger partial charge on any atom is 0.137 e. The molecule has 24 heavy (non-hydrogen) atoms. The predicted octanol–water partition coefficient (Wildman–Crippen LogP) is 3.36. The monoisotopic (exact) mass is 325 g/mol. The average molecular weight is 325 g/mol. The predicted molar refractivity (Wildman–Crippen MR) is 97.3 cm³/mol. The van der Waals surface area contributed by atoms with Gasteiger partial charge in [0, 0.05) is 32.2 Å². The van der Waals surface area contributed by atoms with E-state index in [1.165, 1.54) is 11.1 Å². The Morgan fingerprint density at radius 3 is 2.79 bits per heavy atom. The molecule has 1 saturated heterocycles. The Bertz CT molecular complexity index is 654. The van der Waals surface area contributed by atoms with Gasteiger partial charge in [-0.25, -0.2) is 0 Å². The highest BCUT2D eigenvalue weighted by Crippen LogP contribution is 2.27. The van der Waals surface area contributed by atoms with Crippen LogP contribution in [0.2, 0.25) is 0 Å². The highest BCUT2D eigenvalue weighted by Gasteiger charge is 2.23. The summed E-state index contributed by atoms with van der Waals surface area (Å²) in [5, 5.41) is 3.68. The lowest BCUT2D eigenvalue weighted by atomic mass is 9.92. The Kier molecular flexibility index (Phi) is 5.48. The molecule has 0 radical (unpaired) electrons. The van der Waals surface area contributed by atoms with Gasteiger partial charge in [-0.15, -0.1) is 0 Å². The van der Waals surface area contributed by atoms with E-state index < -0.39 is 0 Å². The number of piperazine rings is 1. The molecule has 4 nitrogen and oxygen atoms in total. The van der Waals surface area contributed by atoms with Gasteiger partial charge < -0.3 is 10.1 Å². The zero-order chi connectivity index (χ0) is 16.9. The first-order valence-corrected chi connectivity index (χ1v) is 8.71. The van der Waals surface area contributed by atoms with Crippen LogP contribution in [0.15, 0.2) is 42.6 Å². The minimum absolute atomic E-state index is 0.385. The molecular formula is C20H27N3O. The van der Waals surface area contributed by atoms with E-state index in [-0.39, 0.29) is 0 Å². The molecule has 2 aromatic rings. The van der Waals surface area contributed by atoms with Crippen molar-refractivity contribution in [3.63, 3.8) is 0 Å². The van der Waals surface area contributed by atoms with Gasteiger partial charge in [-0.1, -0.05) is 38.1 Å². The van der Waals surface area contributed by atoms with Crippen molar-refractivity contribution in [2.24, 2.45) is 0 Å². The van der Waals surface area contributed by atoms with Crippen LogP contribution in [0.5, 0.6) is 5.75 Å². The van der Waals surface area contributed by atoms with Gasteiger partial charge in [0.15, 0.2) is 0 Å². The van der Waals surface area contributed by atoms with Gasteiger partial charge in [0.05, 0.1) is 19.0 Å². The van der Waals surface area contributed by atoms with E-state index in [1.807, 2.05) is 6.07 Å². The van der Waals surface area contributed by atoms with Gasteiger partial charge in [0.25, 0.3) is 0 Å². The molecule has 4 heteroatoms. The van der Waals surface area contributed by atoms with Crippen molar-refractivity contribution in [2.75, 3.05) is 26.7 Å². The minimum Gasteiger partial charge on any atom is -0.495 e. The fourth-order valence-electron chi connectivity index (χ4n) is 3.37. The van der Waals surface area contributed by atoms with Gasteiger partial charge in [0.1, 0.15) is 5.75 Å². The number of nitrogens with zero attached hydrogens (tertiary/aromatic N) is 2. The van der Waals surface area contributed by atoms with Crippen molar-refractivity contribution in [1.29, 1.82) is 0 Å². The Labute approximate surface area is 144 Å². The quantitative estimate of drug-likeness (QED) is 0.915. The molecular weight excluding hydrogens is 298 g/mol. The molecule has 1 aliphatic rings. The van der Waals surface area contributed by atoms with Gasteiger partial charge in [-0.2, -0.15) is 0 Å². The Morgan fingerprint density at radius 2 is 2.08 bits per heavy atom. The summed E-state index contributed by atoms with van der Waals surface area (Å²) in [6, 6.07) is 13.2. The van der Waals surface area contributed by atoms with Gasteiger partial charge in [-0.05, 0) is 29.2 Å². The maximum atomic E-state index is 5.18. The zero-order valence-electron chi connectivity index (χ0n) is 14.8. The van der Waals surface area contributed by atoms with E-state index in [2.05, 4.69) is 59.4 Å². The molecule has 0 saturated carbocycles. The topological polar surface area (TPSA) is 37.4 Å². The van der Waals surface area contributed by atoms with E-state index in [0.717, 1.165) is 37.6 Å². The fourth-order valence-corrected chi connectivity index (χ4v) is 3.37. The molecule has 1 fully saturated rings. The lowest BCUT2D eigenvalue weighted by molar-refractivity contribution is 0.190. The van der Waals surface area contributed by atoms with Crippen molar-refractivity contribution in [3.8, 4) is 5.75 Å². The highest BCUT2D eigenvalue weighted by atomic mass is 16.5. The van der Waals surface area contributed by atoms with Crippen LogP contribution in [-0.4, -0.2) is 36.6 Å². The second-order valence-electron chi connectivity index (χ2n) is 6.71. The zero-order valence-corrected chi connectivity index (χ0v) is 14.8. The summed E-state index contributed by atoms with van der Waals surface area (Å²) < 4.78 is 5.18. The smallest absolute Gasteiger partial charge is 0.137 e. The van der Waals surface area contributed by atoms with Gasteiger partial charge in [0.2, 0.25) is 0 Å². The molecule has 0 bridgehead atoms. The Morgan fingerprint density at radius 1 is 1.25 bits per heavy atom. The van der Waals surface area contributed by atoms with E-state index in [0.29, 0.717) is 12.0 Å². The van der Waals surface area contributed by atoms with Crippen molar-refractivity contribution in [2.45, 2.75) is 32.4 Å². The molecule has 128 valence electrons. The third kappa shape index (κ3) is 3.94. The lowest BCUT2D eigenvalue weighted by Gasteiger charge is -2.35. The van der Waals surface area contributed by atoms with Crippen LogP contribution >= 0.6 is 0 Å². The first-order valence-electron chi connectivity index (χ1n) is 8.71. The van der Waals surface area contributed by atoms with Crippen LogP contribution in [0, 0.1) is 0 Å². The molecule has 0 amide bonds. The number of pyridine rings is 1. The summed E-state index contributed by atoms with van der Waals surface area (Å²) >= 11 is 0. The summed E-state index contributed by atoms with van der Waals surface area (Å²) in [7, 11) is 1.67. The molecule has 3 rings (SSSR count). The number of hydrogen-bond donors (Lipinski definition) is 1. The first-order chi connectivity index (χ1) is 11.7. The second kappa shape index (κ2) is 7.77. The Balaban J connectivity index is 1.70. The van der Waals surface area contributed by atoms with E-state index in [4.69, 9.17) is 4.74 Å². The number of benzene rings is 1. The summed E-state index contributed by atoms with van der Waals surface area (Å²) in [4.78, 5) is 6.98. The number of aromatic nitrogens is 1.